The minimum Gasteiger partial charge on any atom is -0.487 e. The van der Waals surface area contributed by atoms with Crippen LogP contribution in [0.5, 0.6) is 5.75 Å². The van der Waals surface area contributed by atoms with Gasteiger partial charge in [0.05, 0.1) is 11.2 Å². The Hall–Kier alpha value is -1.34. The number of nitrogens with zero attached hydrogens (tertiary/aromatic N) is 1. The molecule has 1 aromatic heterocycles. The third kappa shape index (κ3) is 5.34. The largest absolute Gasteiger partial charge is 0.487 e. The number of hydrogen-bond donors (Lipinski definition) is 2. The van der Waals surface area contributed by atoms with Crippen LogP contribution in [-0.4, -0.2) is 24.0 Å². The first kappa shape index (κ1) is 20.7. The molecule has 1 fully saturated rings. The van der Waals surface area contributed by atoms with Gasteiger partial charge >= 0.3 is 0 Å². The lowest BCUT2D eigenvalue weighted by molar-refractivity contribution is -0.121. The van der Waals surface area contributed by atoms with Gasteiger partial charge in [-0.2, -0.15) is 0 Å². The minimum absolute atomic E-state index is 0. The summed E-state index contributed by atoms with van der Waals surface area (Å²) in [5.41, 5.74) is 3.46. The van der Waals surface area contributed by atoms with Gasteiger partial charge in [0.15, 0.2) is 0 Å². The lowest BCUT2D eigenvalue weighted by Gasteiger charge is -2.31. The van der Waals surface area contributed by atoms with Crippen LogP contribution in [0.4, 0.5) is 5.69 Å². The highest BCUT2D eigenvalue weighted by Gasteiger charge is 2.28. The highest BCUT2D eigenvalue weighted by molar-refractivity contribution is 7.07. The molecule has 1 amide bonds. The van der Waals surface area contributed by atoms with E-state index >= 15 is 0 Å². The second-order valence-electron chi connectivity index (χ2n) is 5.49. The summed E-state index contributed by atoms with van der Waals surface area (Å²) in [5.74, 6) is 1.23. The molecule has 2 heterocycles. The van der Waals surface area contributed by atoms with Crippen molar-refractivity contribution in [3.8, 4) is 5.75 Å². The Morgan fingerprint density at radius 3 is 2.88 bits per heavy atom. The van der Waals surface area contributed by atoms with Crippen LogP contribution in [0.25, 0.3) is 0 Å². The summed E-state index contributed by atoms with van der Waals surface area (Å²) in [7, 11) is 0. The number of ether oxygens (including phenoxy) is 1. The Morgan fingerprint density at radius 1 is 1.46 bits per heavy atom. The maximum absolute atomic E-state index is 12.2. The van der Waals surface area contributed by atoms with Gasteiger partial charge in [0.1, 0.15) is 12.4 Å². The van der Waals surface area contributed by atoms with Crippen molar-refractivity contribution < 1.29 is 9.53 Å². The predicted octanol–water partition coefficient (Wildman–Crippen LogP) is 3.36. The van der Waals surface area contributed by atoms with Crippen molar-refractivity contribution in [2.24, 2.45) is 11.8 Å². The summed E-state index contributed by atoms with van der Waals surface area (Å²) in [6.07, 6.45) is 0. The standard InChI is InChI=1S/C16H19N3O2S.2ClH/c1-11(12-6-17-7-12)16(20)19-13-3-2-4-15(5-13)21-8-14-9-22-10-18-14;;/h2-5,9-12,17H,6-8H2,1H3,(H,19,20);2*1H. The Balaban J connectivity index is 0.00000144. The number of halogens is 2. The first-order chi connectivity index (χ1) is 10.7. The van der Waals surface area contributed by atoms with Gasteiger partial charge < -0.3 is 15.4 Å². The molecule has 132 valence electrons. The number of carbonyl (C=O) groups excluding carboxylic acids is 1. The van der Waals surface area contributed by atoms with Gasteiger partial charge in [-0.15, -0.1) is 36.2 Å². The Kier molecular flexibility index (Phi) is 8.48. The summed E-state index contributed by atoms with van der Waals surface area (Å²) >= 11 is 1.55. The fourth-order valence-electron chi connectivity index (χ4n) is 2.26. The number of thiazole rings is 1. The molecule has 24 heavy (non-hydrogen) atoms. The van der Waals surface area contributed by atoms with Crippen molar-refractivity contribution >= 4 is 47.7 Å². The number of aromatic nitrogens is 1. The summed E-state index contributed by atoms with van der Waals surface area (Å²) in [5, 5.41) is 8.12. The lowest BCUT2D eigenvalue weighted by Crippen LogP contribution is -2.48. The van der Waals surface area contributed by atoms with Gasteiger partial charge in [0.2, 0.25) is 5.91 Å². The van der Waals surface area contributed by atoms with E-state index in [2.05, 4.69) is 15.6 Å². The highest BCUT2D eigenvalue weighted by atomic mass is 35.5. The number of carbonyl (C=O) groups is 1. The number of nitrogens with one attached hydrogen (secondary N) is 2. The van der Waals surface area contributed by atoms with Crippen LogP contribution in [0.3, 0.4) is 0 Å². The number of benzene rings is 1. The molecule has 1 aliphatic rings. The van der Waals surface area contributed by atoms with Crippen molar-refractivity contribution in [3.63, 3.8) is 0 Å². The third-order valence-corrected chi connectivity index (χ3v) is 4.54. The first-order valence-electron chi connectivity index (χ1n) is 7.34. The van der Waals surface area contributed by atoms with Crippen LogP contribution in [0, 0.1) is 11.8 Å². The van der Waals surface area contributed by atoms with E-state index in [1.807, 2.05) is 36.6 Å². The lowest BCUT2D eigenvalue weighted by atomic mass is 9.88. The molecule has 1 atom stereocenters. The zero-order valence-electron chi connectivity index (χ0n) is 13.2. The van der Waals surface area contributed by atoms with Crippen molar-refractivity contribution in [1.82, 2.24) is 10.3 Å². The van der Waals surface area contributed by atoms with E-state index < -0.39 is 0 Å². The fraction of sp³-hybridized carbons (Fsp3) is 0.375. The van der Waals surface area contributed by atoms with Crippen molar-refractivity contribution in [2.75, 3.05) is 18.4 Å². The van der Waals surface area contributed by atoms with E-state index in [9.17, 15) is 4.79 Å². The first-order valence-corrected chi connectivity index (χ1v) is 8.28. The molecule has 3 rings (SSSR count). The topological polar surface area (TPSA) is 63.2 Å². The molecule has 2 N–H and O–H groups in total. The zero-order chi connectivity index (χ0) is 15.4. The van der Waals surface area contributed by atoms with Crippen molar-refractivity contribution in [1.29, 1.82) is 0 Å². The number of amides is 1. The Bertz CT molecular complexity index is 636. The highest BCUT2D eigenvalue weighted by Crippen LogP contribution is 2.21. The average molecular weight is 390 g/mol. The number of rotatable bonds is 6. The second-order valence-corrected chi connectivity index (χ2v) is 6.21. The van der Waals surface area contributed by atoms with E-state index in [4.69, 9.17) is 4.74 Å². The molecule has 0 aliphatic carbocycles. The molecule has 1 saturated heterocycles. The maximum Gasteiger partial charge on any atom is 0.227 e. The van der Waals surface area contributed by atoms with E-state index in [1.54, 1.807) is 16.8 Å². The van der Waals surface area contributed by atoms with Crippen LogP contribution >= 0.6 is 36.2 Å². The molecule has 0 saturated carbocycles. The molecule has 1 unspecified atom stereocenters. The summed E-state index contributed by atoms with van der Waals surface area (Å²) in [6.45, 7) is 4.26. The monoisotopic (exact) mass is 389 g/mol. The van der Waals surface area contributed by atoms with E-state index in [1.165, 1.54) is 0 Å². The van der Waals surface area contributed by atoms with Gasteiger partial charge in [-0.25, -0.2) is 4.98 Å². The minimum atomic E-state index is 0. The molecular formula is C16H21Cl2N3O2S. The van der Waals surface area contributed by atoms with Crippen molar-refractivity contribution in [2.45, 2.75) is 13.5 Å². The van der Waals surface area contributed by atoms with Gasteiger partial charge in [0.25, 0.3) is 0 Å². The smallest absolute Gasteiger partial charge is 0.227 e. The van der Waals surface area contributed by atoms with Crippen LogP contribution in [0.1, 0.15) is 12.6 Å². The summed E-state index contributed by atoms with van der Waals surface area (Å²) < 4.78 is 5.70. The molecule has 1 aromatic carbocycles. The fourth-order valence-corrected chi connectivity index (χ4v) is 2.81. The van der Waals surface area contributed by atoms with Crippen LogP contribution in [0.2, 0.25) is 0 Å². The molecule has 2 aromatic rings. The van der Waals surface area contributed by atoms with Crippen LogP contribution < -0.4 is 15.4 Å². The van der Waals surface area contributed by atoms with E-state index in [-0.39, 0.29) is 36.6 Å². The van der Waals surface area contributed by atoms with Gasteiger partial charge in [-0.05, 0) is 31.1 Å². The van der Waals surface area contributed by atoms with E-state index in [0.29, 0.717) is 12.5 Å². The van der Waals surface area contributed by atoms with E-state index in [0.717, 1.165) is 30.2 Å². The van der Waals surface area contributed by atoms with Crippen LogP contribution in [-0.2, 0) is 11.4 Å². The molecule has 1 aliphatic heterocycles. The maximum atomic E-state index is 12.2. The number of anilines is 1. The molecule has 0 radical (unpaired) electrons. The van der Waals surface area contributed by atoms with Crippen molar-refractivity contribution in [3.05, 3.63) is 40.8 Å². The van der Waals surface area contributed by atoms with Crippen LogP contribution in [0.15, 0.2) is 35.2 Å². The molecule has 0 bridgehead atoms. The Morgan fingerprint density at radius 2 is 2.25 bits per heavy atom. The Labute approximate surface area is 158 Å². The predicted molar refractivity (Wildman–Crippen MR) is 102 cm³/mol. The van der Waals surface area contributed by atoms with Gasteiger partial charge in [0, 0.05) is 23.1 Å². The van der Waals surface area contributed by atoms with Gasteiger partial charge in [-0.3, -0.25) is 4.79 Å². The molecular weight excluding hydrogens is 369 g/mol. The SMILES string of the molecule is CC(C(=O)Nc1cccc(OCc2cscn2)c1)C1CNC1.Cl.Cl. The zero-order valence-corrected chi connectivity index (χ0v) is 15.7. The summed E-state index contributed by atoms with van der Waals surface area (Å²) in [6, 6.07) is 7.47. The average Bonchev–Trinajstić information content (AvgIpc) is 2.97. The molecule has 5 nitrogen and oxygen atoms in total. The summed E-state index contributed by atoms with van der Waals surface area (Å²) in [4.78, 5) is 16.4. The normalized spacial score (nSPS) is 14.5. The third-order valence-electron chi connectivity index (χ3n) is 3.91. The van der Waals surface area contributed by atoms with Gasteiger partial charge in [-0.1, -0.05) is 13.0 Å². The number of hydrogen-bond acceptors (Lipinski definition) is 5. The second kappa shape index (κ2) is 9.84. The molecule has 8 heteroatoms. The molecule has 0 spiro atoms. The quantitative estimate of drug-likeness (QED) is 0.794.